The predicted molar refractivity (Wildman–Crippen MR) is 78.2 cm³/mol. The average Bonchev–Trinajstić information content (AvgIpc) is 2.85. The fourth-order valence-electron chi connectivity index (χ4n) is 3.34. The third kappa shape index (κ3) is 2.47. The number of piperazine rings is 1. The number of fused-ring (bicyclic) bond motifs is 1. The minimum absolute atomic E-state index is 0.0608. The van der Waals surface area contributed by atoms with Gasteiger partial charge in [-0.1, -0.05) is 6.07 Å². The van der Waals surface area contributed by atoms with Crippen molar-refractivity contribution in [2.45, 2.75) is 44.8 Å². The highest BCUT2D eigenvalue weighted by molar-refractivity contribution is 5.42. The molecular weight excluding hydrogens is 236 g/mol. The lowest BCUT2D eigenvalue weighted by Crippen LogP contribution is -2.55. The number of aromatic nitrogens is 1. The molecule has 2 aliphatic rings. The van der Waals surface area contributed by atoms with Crippen LogP contribution in [0, 0.1) is 0 Å². The van der Waals surface area contributed by atoms with Crippen LogP contribution in [0.1, 0.15) is 38.3 Å². The van der Waals surface area contributed by atoms with Crippen LogP contribution in [-0.2, 0) is 0 Å². The van der Waals surface area contributed by atoms with Crippen LogP contribution in [0.15, 0.2) is 18.3 Å². The van der Waals surface area contributed by atoms with E-state index >= 15 is 0 Å². The SMILES string of the molecule is CC1CN2CCCC2CN1c1ccc([C@H](C)N)cn1. The Balaban J connectivity index is 1.77. The Labute approximate surface area is 115 Å². The highest BCUT2D eigenvalue weighted by atomic mass is 15.3. The Morgan fingerprint density at radius 1 is 1.37 bits per heavy atom. The second kappa shape index (κ2) is 5.10. The second-order valence-corrected chi connectivity index (χ2v) is 6.03. The lowest BCUT2D eigenvalue weighted by atomic mass is 10.1. The molecule has 3 heterocycles. The van der Waals surface area contributed by atoms with E-state index in [2.05, 4.69) is 33.8 Å². The zero-order valence-electron chi connectivity index (χ0n) is 11.9. The summed E-state index contributed by atoms with van der Waals surface area (Å²) < 4.78 is 0. The van der Waals surface area contributed by atoms with Gasteiger partial charge in [0, 0.05) is 37.4 Å². The summed E-state index contributed by atoms with van der Waals surface area (Å²) in [6, 6.07) is 5.57. The molecule has 2 saturated heterocycles. The molecule has 1 aromatic rings. The maximum Gasteiger partial charge on any atom is 0.128 e. The summed E-state index contributed by atoms with van der Waals surface area (Å²) in [7, 11) is 0. The topological polar surface area (TPSA) is 45.4 Å². The van der Waals surface area contributed by atoms with Gasteiger partial charge in [-0.15, -0.1) is 0 Å². The Morgan fingerprint density at radius 2 is 2.21 bits per heavy atom. The Kier molecular flexibility index (Phi) is 3.46. The van der Waals surface area contributed by atoms with Crippen molar-refractivity contribution >= 4 is 5.82 Å². The van der Waals surface area contributed by atoms with Gasteiger partial charge in [-0.05, 0) is 44.9 Å². The van der Waals surface area contributed by atoms with Crippen LogP contribution in [0.3, 0.4) is 0 Å². The van der Waals surface area contributed by atoms with E-state index in [-0.39, 0.29) is 6.04 Å². The van der Waals surface area contributed by atoms with Gasteiger partial charge >= 0.3 is 0 Å². The van der Waals surface area contributed by atoms with Gasteiger partial charge in [0.25, 0.3) is 0 Å². The van der Waals surface area contributed by atoms with E-state index in [1.54, 1.807) is 0 Å². The van der Waals surface area contributed by atoms with Gasteiger partial charge in [-0.25, -0.2) is 4.98 Å². The van der Waals surface area contributed by atoms with Gasteiger partial charge in [0.1, 0.15) is 5.82 Å². The van der Waals surface area contributed by atoms with E-state index < -0.39 is 0 Å². The molecule has 3 atom stereocenters. The highest BCUT2D eigenvalue weighted by Crippen LogP contribution is 2.27. The fraction of sp³-hybridized carbons (Fsp3) is 0.667. The molecule has 0 spiro atoms. The first-order valence-corrected chi connectivity index (χ1v) is 7.37. The van der Waals surface area contributed by atoms with Crippen molar-refractivity contribution in [1.29, 1.82) is 0 Å². The molecule has 104 valence electrons. The van der Waals surface area contributed by atoms with Crippen molar-refractivity contribution in [2.24, 2.45) is 5.73 Å². The molecule has 2 unspecified atom stereocenters. The molecule has 0 radical (unpaired) electrons. The van der Waals surface area contributed by atoms with Gasteiger partial charge in [-0.3, -0.25) is 4.90 Å². The molecule has 1 aromatic heterocycles. The molecular formula is C15H24N4. The third-order valence-electron chi connectivity index (χ3n) is 4.53. The number of nitrogens with two attached hydrogens (primary N) is 1. The van der Waals surface area contributed by atoms with Crippen molar-refractivity contribution in [3.8, 4) is 0 Å². The van der Waals surface area contributed by atoms with Crippen LogP contribution in [-0.4, -0.2) is 41.6 Å². The van der Waals surface area contributed by atoms with Crippen LogP contribution in [0.5, 0.6) is 0 Å². The average molecular weight is 260 g/mol. The summed E-state index contributed by atoms with van der Waals surface area (Å²) in [5, 5.41) is 0. The van der Waals surface area contributed by atoms with Crippen molar-refractivity contribution in [1.82, 2.24) is 9.88 Å². The molecule has 0 aliphatic carbocycles. The van der Waals surface area contributed by atoms with E-state index in [0.29, 0.717) is 6.04 Å². The summed E-state index contributed by atoms with van der Waals surface area (Å²) in [4.78, 5) is 9.71. The predicted octanol–water partition coefficient (Wildman–Crippen LogP) is 1.77. The first-order chi connectivity index (χ1) is 9.15. The molecule has 4 heteroatoms. The third-order valence-corrected chi connectivity index (χ3v) is 4.53. The minimum atomic E-state index is 0.0608. The van der Waals surface area contributed by atoms with Gasteiger partial charge in [0.15, 0.2) is 0 Å². The van der Waals surface area contributed by atoms with E-state index in [4.69, 9.17) is 5.73 Å². The lowest BCUT2D eigenvalue weighted by molar-refractivity contribution is 0.202. The molecule has 19 heavy (non-hydrogen) atoms. The van der Waals surface area contributed by atoms with Gasteiger partial charge in [0.2, 0.25) is 0 Å². The molecule has 2 fully saturated rings. The van der Waals surface area contributed by atoms with E-state index in [1.165, 1.54) is 25.9 Å². The maximum atomic E-state index is 5.88. The number of rotatable bonds is 2. The number of anilines is 1. The van der Waals surface area contributed by atoms with Crippen LogP contribution in [0.2, 0.25) is 0 Å². The standard InChI is InChI=1S/C15H24N4/c1-11-9-18-7-3-4-14(18)10-19(11)15-6-5-13(8-17-15)12(2)16/h5-6,8,11-12,14H,3-4,7,9-10,16H2,1-2H3/t11?,12-,14?/m0/s1. The summed E-state index contributed by atoms with van der Waals surface area (Å²) in [6.07, 6.45) is 4.61. The summed E-state index contributed by atoms with van der Waals surface area (Å²) >= 11 is 0. The van der Waals surface area contributed by atoms with Gasteiger partial charge < -0.3 is 10.6 Å². The van der Waals surface area contributed by atoms with E-state index in [1.807, 2.05) is 13.1 Å². The summed E-state index contributed by atoms with van der Waals surface area (Å²) in [5.41, 5.74) is 6.99. The zero-order chi connectivity index (χ0) is 13.4. The molecule has 0 bridgehead atoms. The van der Waals surface area contributed by atoms with Crippen molar-refractivity contribution in [3.63, 3.8) is 0 Å². The number of hydrogen-bond acceptors (Lipinski definition) is 4. The molecule has 2 N–H and O–H groups in total. The smallest absolute Gasteiger partial charge is 0.128 e. The maximum absolute atomic E-state index is 5.88. The molecule has 4 nitrogen and oxygen atoms in total. The first kappa shape index (κ1) is 12.9. The Hall–Kier alpha value is -1.13. The van der Waals surface area contributed by atoms with E-state index in [0.717, 1.165) is 24.0 Å². The second-order valence-electron chi connectivity index (χ2n) is 6.03. The van der Waals surface area contributed by atoms with E-state index in [9.17, 15) is 0 Å². The largest absolute Gasteiger partial charge is 0.351 e. The quantitative estimate of drug-likeness (QED) is 0.880. The normalized spacial score (nSPS) is 29.3. The van der Waals surface area contributed by atoms with Crippen LogP contribution in [0.4, 0.5) is 5.82 Å². The minimum Gasteiger partial charge on any atom is -0.351 e. The van der Waals surface area contributed by atoms with Crippen LogP contribution in [0.25, 0.3) is 0 Å². The number of hydrogen-bond donors (Lipinski definition) is 1. The Bertz CT molecular complexity index is 428. The molecule has 0 amide bonds. The van der Waals surface area contributed by atoms with Gasteiger partial charge in [0.05, 0.1) is 0 Å². The monoisotopic (exact) mass is 260 g/mol. The molecule has 2 aliphatic heterocycles. The molecule has 0 aromatic carbocycles. The fourth-order valence-corrected chi connectivity index (χ4v) is 3.34. The first-order valence-electron chi connectivity index (χ1n) is 7.37. The Morgan fingerprint density at radius 3 is 2.89 bits per heavy atom. The zero-order valence-corrected chi connectivity index (χ0v) is 11.9. The summed E-state index contributed by atoms with van der Waals surface area (Å²) in [5.74, 6) is 1.10. The summed E-state index contributed by atoms with van der Waals surface area (Å²) in [6.45, 7) is 7.86. The number of nitrogens with zero attached hydrogens (tertiary/aromatic N) is 3. The van der Waals surface area contributed by atoms with Gasteiger partial charge in [-0.2, -0.15) is 0 Å². The molecule has 3 rings (SSSR count). The molecule has 0 saturated carbocycles. The highest BCUT2D eigenvalue weighted by Gasteiger charge is 2.34. The number of pyridine rings is 1. The lowest BCUT2D eigenvalue weighted by Gasteiger charge is -2.43. The van der Waals surface area contributed by atoms with Crippen molar-refractivity contribution in [3.05, 3.63) is 23.9 Å². The van der Waals surface area contributed by atoms with Crippen LogP contribution < -0.4 is 10.6 Å². The van der Waals surface area contributed by atoms with Crippen molar-refractivity contribution < 1.29 is 0 Å². The van der Waals surface area contributed by atoms with Crippen LogP contribution >= 0.6 is 0 Å². The van der Waals surface area contributed by atoms with Crippen molar-refractivity contribution in [2.75, 3.05) is 24.5 Å².